The van der Waals surface area contributed by atoms with E-state index in [0.29, 0.717) is 12.2 Å². The molecule has 5 unspecified atom stereocenters. The second-order valence-corrected chi connectivity index (χ2v) is 8.72. The van der Waals surface area contributed by atoms with Crippen LogP contribution in [0.4, 0.5) is 0 Å². The van der Waals surface area contributed by atoms with Crippen LogP contribution < -0.4 is 4.74 Å². The van der Waals surface area contributed by atoms with Crippen molar-refractivity contribution in [2.45, 2.75) is 42.4 Å². The molecule has 136 valence electrons. The first kappa shape index (κ1) is 15.1. The SMILES string of the molecule is CN1CC[C@]23c4c5ccc(O)c4OC2C2(O)C=CC3(CC2C(=O)O)C1C5. The summed E-state index contributed by atoms with van der Waals surface area (Å²) in [5.74, 6) is -1.36. The summed E-state index contributed by atoms with van der Waals surface area (Å²) in [4.78, 5) is 14.4. The highest BCUT2D eigenvalue weighted by atomic mass is 16.5. The Morgan fingerprint density at radius 3 is 2.92 bits per heavy atom. The number of piperidine rings is 1. The number of phenols is 1. The molecule has 6 atom stereocenters. The van der Waals surface area contributed by atoms with Crippen LogP contribution in [0.1, 0.15) is 24.0 Å². The fourth-order valence-electron chi connectivity index (χ4n) is 7.04. The Hall–Kier alpha value is -2.05. The van der Waals surface area contributed by atoms with Crippen LogP contribution in [-0.2, 0) is 16.6 Å². The number of likely N-dealkylation sites (N-methyl/N-ethyl adjacent to an activating group) is 1. The highest BCUT2D eigenvalue weighted by Crippen LogP contribution is 2.73. The Morgan fingerprint density at radius 2 is 2.15 bits per heavy atom. The van der Waals surface area contributed by atoms with E-state index in [1.165, 1.54) is 0 Å². The molecular formula is C20H21NO5. The van der Waals surface area contributed by atoms with Crippen molar-refractivity contribution in [1.29, 1.82) is 0 Å². The zero-order valence-corrected chi connectivity index (χ0v) is 14.5. The number of aliphatic hydroxyl groups is 1. The third kappa shape index (κ3) is 1.25. The smallest absolute Gasteiger partial charge is 0.309 e. The van der Waals surface area contributed by atoms with Gasteiger partial charge >= 0.3 is 5.97 Å². The van der Waals surface area contributed by atoms with Gasteiger partial charge in [-0.15, -0.1) is 0 Å². The van der Waals surface area contributed by atoms with Crippen LogP contribution in [0.25, 0.3) is 0 Å². The predicted octanol–water partition coefficient (Wildman–Crippen LogP) is 1.04. The lowest BCUT2D eigenvalue weighted by molar-refractivity contribution is -0.211. The van der Waals surface area contributed by atoms with Crippen LogP contribution >= 0.6 is 0 Å². The number of phenolic OH excluding ortho intramolecular Hbond substituents is 1. The van der Waals surface area contributed by atoms with Crippen molar-refractivity contribution in [3.8, 4) is 11.5 Å². The maximum atomic E-state index is 12.0. The van der Waals surface area contributed by atoms with Crippen LogP contribution in [0.3, 0.4) is 0 Å². The van der Waals surface area contributed by atoms with E-state index in [0.717, 1.165) is 30.5 Å². The van der Waals surface area contributed by atoms with E-state index < -0.39 is 34.4 Å². The number of carboxylic acids is 1. The van der Waals surface area contributed by atoms with Crippen molar-refractivity contribution in [1.82, 2.24) is 4.90 Å². The summed E-state index contributed by atoms with van der Waals surface area (Å²) in [6.07, 6.45) is 5.07. The third-order valence-corrected chi connectivity index (χ3v) is 8.05. The highest BCUT2D eigenvalue weighted by Gasteiger charge is 2.79. The third-order valence-electron chi connectivity index (χ3n) is 8.05. The summed E-state index contributed by atoms with van der Waals surface area (Å²) in [6, 6.07) is 3.78. The number of hydrogen-bond acceptors (Lipinski definition) is 5. The number of benzene rings is 1. The first-order valence-electron chi connectivity index (χ1n) is 9.23. The zero-order valence-electron chi connectivity index (χ0n) is 14.5. The number of aliphatic carboxylic acids is 1. The molecule has 0 amide bonds. The van der Waals surface area contributed by atoms with Crippen LogP contribution in [0.5, 0.6) is 11.5 Å². The maximum Gasteiger partial charge on any atom is 0.309 e. The summed E-state index contributed by atoms with van der Waals surface area (Å²) >= 11 is 0. The fraction of sp³-hybridized carbons (Fsp3) is 0.550. The first-order chi connectivity index (χ1) is 12.3. The molecule has 1 aromatic rings. The Kier molecular flexibility index (Phi) is 2.37. The van der Waals surface area contributed by atoms with E-state index in [-0.39, 0.29) is 11.8 Å². The quantitative estimate of drug-likeness (QED) is 0.652. The number of ether oxygens (including phenoxy) is 1. The largest absolute Gasteiger partial charge is 0.504 e. The fourth-order valence-corrected chi connectivity index (χ4v) is 7.04. The molecule has 1 saturated heterocycles. The van der Waals surface area contributed by atoms with Gasteiger partial charge in [-0.1, -0.05) is 18.2 Å². The van der Waals surface area contributed by atoms with Gasteiger partial charge in [0.1, 0.15) is 11.7 Å². The van der Waals surface area contributed by atoms with Crippen molar-refractivity contribution >= 4 is 5.97 Å². The summed E-state index contributed by atoms with van der Waals surface area (Å²) in [6.45, 7) is 0.864. The number of aromatic hydroxyl groups is 1. The van der Waals surface area contributed by atoms with E-state index >= 15 is 0 Å². The van der Waals surface area contributed by atoms with Crippen molar-refractivity contribution in [2.75, 3.05) is 13.6 Å². The van der Waals surface area contributed by atoms with Crippen LogP contribution in [0, 0.1) is 11.3 Å². The van der Waals surface area contributed by atoms with Crippen molar-refractivity contribution in [3.63, 3.8) is 0 Å². The Morgan fingerprint density at radius 1 is 1.35 bits per heavy atom. The average Bonchev–Trinajstić information content (AvgIpc) is 2.98. The number of likely N-dealkylation sites (tertiary alicyclic amines) is 1. The molecule has 1 aromatic carbocycles. The minimum atomic E-state index is -1.56. The van der Waals surface area contributed by atoms with Gasteiger partial charge in [-0.2, -0.15) is 0 Å². The zero-order chi connectivity index (χ0) is 18.1. The minimum absolute atomic E-state index is 0.0786. The molecule has 6 nitrogen and oxygen atoms in total. The Labute approximate surface area is 150 Å². The average molecular weight is 355 g/mol. The van der Waals surface area contributed by atoms with Gasteiger partial charge in [-0.3, -0.25) is 4.79 Å². The second kappa shape index (κ2) is 4.10. The van der Waals surface area contributed by atoms with E-state index in [1.54, 1.807) is 12.1 Å². The Bertz CT molecular complexity index is 912. The summed E-state index contributed by atoms with van der Waals surface area (Å²) in [5, 5.41) is 31.8. The molecule has 2 heterocycles. The Balaban J connectivity index is 1.73. The van der Waals surface area contributed by atoms with E-state index in [9.17, 15) is 20.1 Å². The first-order valence-corrected chi connectivity index (χ1v) is 9.23. The molecule has 2 spiro atoms. The van der Waals surface area contributed by atoms with Gasteiger partial charge in [-0.05, 0) is 44.5 Å². The summed E-state index contributed by atoms with van der Waals surface area (Å²) in [7, 11) is 2.10. The van der Waals surface area contributed by atoms with Crippen molar-refractivity contribution < 1.29 is 24.9 Å². The predicted molar refractivity (Wildman–Crippen MR) is 91.2 cm³/mol. The van der Waals surface area contributed by atoms with Gasteiger partial charge in [0, 0.05) is 17.0 Å². The molecule has 6 heteroatoms. The minimum Gasteiger partial charge on any atom is -0.504 e. The molecule has 0 aromatic heterocycles. The van der Waals surface area contributed by atoms with E-state index in [1.807, 2.05) is 6.07 Å². The van der Waals surface area contributed by atoms with Crippen molar-refractivity contribution in [2.24, 2.45) is 11.3 Å². The number of hydrogen-bond donors (Lipinski definition) is 3. The topological polar surface area (TPSA) is 90.2 Å². The second-order valence-electron chi connectivity index (χ2n) is 8.72. The van der Waals surface area contributed by atoms with Gasteiger partial charge in [0.25, 0.3) is 0 Å². The van der Waals surface area contributed by atoms with Crippen LogP contribution in [-0.4, -0.2) is 57.5 Å². The number of carbonyl (C=O) groups is 1. The molecule has 6 aliphatic rings. The van der Waals surface area contributed by atoms with Crippen LogP contribution in [0.2, 0.25) is 0 Å². The van der Waals surface area contributed by atoms with Gasteiger partial charge in [0.05, 0.1) is 11.3 Å². The standard InChI is InChI=1S/C20H21NO5/c1-21-7-6-19-14-10-2-3-12(22)15(14)26-17(19)20(25)5-4-18(19,13(21)8-10)9-11(20)16(23)24/h2-5,11,13,17,22,25H,6-9H2,1H3,(H,23,24)/t11?,13?,17?,18?,19-,20?/m0/s1. The number of rotatable bonds is 1. The number of fused-ring (bicyclic) bond motifs is 1. The molecule has 0 radical (unpaired) electrons. The normalized spacial score (nSPS) is 46.8. The molecule has 4 bridgehead atoms. The molecule has 2 aliphatic heterocycles. The van der Waals surface area contributed by atoms with Crippen molar-refractivity contribution in [3.05, 3.63) is 35.4 Å². The van der Waals surface area contributed by atoms with Gasteiger partial charge in [-0.25, -0.2) is 0 Å². The molecule has 26 heavy (non-hydrogen) atoms. The van der Waals surface area contributed by atoms with Gasteiger partial charge < -0.3 is 25.0 Å². The van der Waals surface area contributed by atoms with E-state index in [4.69, 9.17) is 4.74 Å². The molecule has 7 rings (SSSR count). The lowest BCUT2D eigenvalue weighted by Crippen LogP contribution is -2.79. The number of carboxylic acid groups (broad SMARTS) is 1. The van der Waals surface area contributed by atoms with E-state index in [2.05, 4.69) is 18.0 Å². The molecule has 4 aliphatic carbocycles. The molecule has 3 N–H and O–H groups in total. The van der Waals surface area contributed by atoms with Gasteiger partial charge in [0.15, 0.2) is 11.5 Å². The summed E-state index contributed by atoms with van der Waals surface area (Å²) < 4.78 is 6.22. The monoisotopic (exact) mass is 355 g/mol. The molecular weight excluding hydrogens is 334 g/mol. The highest BCUT2D eigenvalue weighted by molar-refractivity contribution is 5.76. The lowest BCUT2D eigenvalue weighted by Gasteiger charge is -2.69. The molecule has 1 saturated carbocycles. The summed E-state index contributed by atoms with van der Waals surface area (Å²) in [5.41, 5.74) is -0.267. The van der Waals surface area contributed by atoms with Crippen LogP contribution in [0.15, 0.2) is 24.3 Å². The maximum absolute atomic E-state index is 12.0. The molecule has 2 fully saturated rings. The van der Waals surface area contributed by atoms with Gasteiger partial charge in [0.2, 0.25) is 0 Å². The lowest BCUT2D eigenvalue weighted by atomic mass is 9.37. The number of nitrogens with zero attached hydrogens (tertiary/aromatic N) is 1.